The first-order valence-electron chi connectivity index (χ1n) is 8.45. The molecule has 2 N–H and O–H groups in total. The Morgan fingerprint density at radius 1 is 1.28 bits per heavy atom. The molecule has 134 valence electrons. The molecular weight excluding hydrogens is 322 g/mol. The molecule has 0 aromatic carbocycles. The summed E-state index contributed by atoms with van der Waals surface area (Å²) in [5.41, 5.74) is 5.75. The first-order valence-corrected chi connectivity index (χ1v) is 8.45. The van der Waals surface area contributed by atoms with Gasteiger partial charge in [0, 0.05) is 38.9 Å². The molecular formula is C17H23N5O3. The van der Waals surface area contributed by atoms with E-state index >= 15 is 0 Å². The smallest absolute Gasteiger partial charge is 0.332 e. The molecule has 1 aliphatic heterocycles. The van der Waals surface area contributed by atoms with Crippen LogP contribution in [0.3, 0.4) is 0 Å². The quantitative estimate of drug-likeness (QED) is 0.823. The molecule has 0 radical (unpaired) electrons. The van der Waals surface area contributed by atoms with Crippen LogP contribution < -0.4 is 17.0 Å². The van der Waals surface area contributed by atoms with Crippen LogP contribution in [-0.2, 0) is 14.1 Å². The molecule has 2 aromatic heterocycles. The molecule has 0 aliphatic carbocycles. The average Bonchev–Trinajstić information content (AvgIpc) is 2.63. The van der Waals surface area contributed by atoms with Crippen molar-refractivity contribution in [1.82, 2.24) is 19.0 Å². The van der Waals surface area contributed by atoms with Crippen molar-refractivity contribution in [1.29, 1.82) is 0 Å². The number of rotatable bonds is 2. The van der Waals surface area contributed by atoms with Gasteiger partial charge in [-0.05, 0) is 32.3 Å². The van der Waals surface area contributed by atoms with E-state index in [-0.39, 0.29) is 29.0 Å². The van der Waals surface area contributed by atoms with Crippen LogP contribution in [0.25, 0.3) is 11.0 Å². The summed E-state index contributed by atoms with van der Waals surface area (Å²) < 4.78 is 2.32. The van der Waals surface area contributed by atoms with E-state index < -0.39 is 11.2 Å². The summed E-state index contributed by atoms with van der Waals surface area (Å²) in [5, 5.41) is 0.254. The number of piperidine rings is 1. The number of pyridine rings is 1. The summed E-state index contributed by atoms with van der Waals surface area (Å²) in [7, 11) is 2.96. The molecule has 8 heteroatoms. The van der Waals surface area contributed by atoms with Gasteiger partial charge in [0.1, 0.15) is 5.65 Å². The SMILES string of the molecule is CC(N)C1CCCCN1C(=O)c1cnc2c(c1)c(=O)n(C)c(=O)n2C. The fraction of sp³-hybridized carbons (Fsp3) is 0.529. The molecule has 1 fully saturated rings. The Morgan fingerprint density at radius 3 is 2.68 bits per heavy atom. The second-order valence-corrected chi connectivity index (χ2v) is 6.72. The number of hydrogen-bond acceptors (Lipinski definition) is 5. The second-order valence-electron chi connectivity index (χ2n) is 6.72. The normalized spacial score (nSPS) is 19.2. The lowest BCUT2D eigenvalue weighted by atomic mass is 9.96. The molecule has 1 aliphatic rings. The minimum atomic E-state index is -0.456. The van der Waals surface area contributed by atoms with Crippen molar-refractivity contribution in [2.45, 2.75) is 38.3 Å². The topological polar surface area (TPSA) is 103 Å². The third-order valence-corrected chi connectivity index (χ3v) is 4.96. The van der Waals surface area contributed by atoms with E-state index in [4.69, 9.17) is 5.73 Å². The van der Waals surface area contributed by atoms with Crippen LogP contribution in [0.15, 0.2) is 21.9 Å². The van der Waals surface area contributed by atoms with Crippen molar-refractivity contribution in [2.24, 2.45) is 19.8 Å². The zero-order valence-electron chi connectivity index (χ0n) is 14.7. The molecule has 2 aromatic rings. The fourth-order valence-corrected chi connectivity index (χ4v) is 3.50. The summed E-state index contributed by atoms with van der Waals surface area (Å²) in [5.74, 6) is -0.174. The van der Waals surface area contributed by atoms with Crippen molar-refractivity contribution in [2.75, 3.05) is 6.54 Å². The highest BCUT2D eigenvalue weighted by atomic mass is 16.2. The summed E-state index contributed by atoms with van der Waals surface area (Å²) in [6, 6.07) is 1.39. The summed E-state index contributed by atoms with van der Waals surface area (Å²) in [4.78, 5) is 43.3. The molecule has 2 atom stereocenters. The predicted molar refractivity (Wildman–Crippen MR) is 94.5 cm³/mol. The molecule has 1 saturated heterocycles. The van der Waals surface area contributed by atoms with Crippen LogP contribution in [0.1, 0.15) is 36.5 Å². The van der Waals surface area contributed by atoms with Crippen LogP contribution in [0, 0.1) is 0 Å². The Balaban J connectivity index is 2.09. The first kappa shape index (κ1) is 17.3. The molecule has 1 amide bonds. The van der Waals surface area contributed by atoms with Gasteiger partial charge < -0.3 is 10.6 Å². The minimum Gasteiger partial charge on any atom is -0.334 e. The third-order valence-electron chi connectivity index (χ3n) is 4.96. The molecule has 3 rings (SSSR count). The maximum Gasteiger partial charge on any atom is 0.332 e. The Kier molecular flexibility index (Phi) is 4.47. The van der Waals surface area contributed by atoms with E-state index in [1.54, 1.807) is 11.9 Å². The monoisotopic (exact) mass is 345 g/mol. The maximum absolute atomic E-state index is 13.0. The number of aryl methyl sites for hydroxylation is 1. The number of hydrogen-bond donors (Lipinski definition) is 1. The maximum atomic E-state index is 13.0. The van der Waals surface area contributed by atoms with Gasteiger partial charge in [0.25, 0.3) is 11.5 Å². The van der Waals surface area contributed by atoms with Gasteiger partial charge in [-0.3, -0.25) is 18.7 Å². The second kappa shape index (κ2) is 6.44. The Labute approximate surface area is 144 Å². The zero-order valence-corrected chi connectivity index (χ0v) is 14.7. The first-order chi connectivity index (χ1) is 11.8. The zero-order chi connectivity index (χ0) is 18.3. The number of carbonyl (C=O) groups excluding carboxylic acids is 1. The number of aromatic nitrogens is 3. The van der Waals surface area contributed by atoms with E-state index in [0.717, 1.165) is 23.8 Å². The molecule has 0 bridgehead atoms. The van der Waals surface area contributed by atoms with Crippen LogP contribution in [0.5, 0.6) is 0 Å². The van der Waals surface area contributed by atoms with Gasteiger partial charge in [0.05, 0.1) is 10.9 Å². The lowest BCUT2D eigenvalue weighted by Gasteiger charge is -2.38. The van der Waals surface area contributed by atoms with Crippen molar-refractivity contribution in [3.63, 3.8) is 0 Å². The summed E-state index contributed by atoms with van der Waals surface area (Å²) >= 11 is 0. The van der Waals surface area contributed by atoms with Gasteiger partial charge in [0.2, 0.25) is 0 Å². The molecule has 0 spiro atoms. The standard InChI is InChI=1S/C17H23N5O3/c1-10(18)13-6-4-5-7-22(13)15(23)11-8-12-14(19-9-11)20(2)17(25)21(3)16(12)24/h8-10,13H,4-7,18H2,1-3H3. The number of nitrogens with two attached hydrogens (primary N) is 1. The average molecular weight is 345 g/mol. The van der Waals surface area contributed by atoms with Crippen LogP contribution in [-0.4, -0.2) is 43.6 Å². The largest absolute Gasteiger partial charge is 0.334 e. The van der Waals surface area contributed by atoms with Gasteiger partial charge in [-0.1, -0.05) is 0 Å². The lowest BCUT2D eigenvalue weighted by Crippen LogP contribution is -2.51. The van der Waals surface area contributed by atoms with Gasteiger partial charge in [-0.25, -0.2) is 9.78 Å². The highest BCUT2D eigenvalue weighted by Gasteiger charge is 2.30. The van der Waals surface area contributed by atoms with E-state index in [1.165, 1.54) is 23.9 Å². The Hall–Kier alpha value is -2.48. The third kappa shape index (κ3) is 2.86. The van der Waals surface area contributed by atoms with Gasteiger partial charge in [-0.15, -0.1) is 0 Å². The number of likely N-dealkylation sites (tertiary alicyclic amines) is 1. The molecule has 2 unspecified atom stereocenters. The van der Waals surface area contributed by atoms with E-state index in [2.05, 4.69) is 4.98 Å². The van der Waals surface area contributed by atoms with E-state index in [0.29, 0.717) is 12.1 Å². The highest BCUT2D eigenvalue weighted by molar-refractivity contribution is 5.97. The minimum absolute atomic E-state index is 0.0140. The number of fused-ring (bicyclic) bond motifs is 1. The number of amides is 1. The fourth-order valence-electron chi connectivity index (χ4n) is 3.50. The summed E-state index contributed by atoms with van der Waals surface area (Å²) in [6.45, 7) is 2.55. The molecule has 8 nitrogen and oxygen atoms in total. The summed E-state index contributed by atoms with van der Waals surface area (Å²) in [6.07, 6.45) is 4.29. The molecule has 3 heterocycles. The molecule has 25 heavy (non-hydrogen) atoms. The van der Waals surface area contributed by atoms with Gasteiger partial charge in [-0.2, -0.15) is 0 Å². The van der Waals surface area contributed by atoms with Crippen molar-refractivity contribution < 1.29 is 4.79 Å². The lowest BCUT2D eigenvalue weighted by molar-refractivity contribution is 0.0583. The van der Waals surface area contributed by atoms with Crippen LogP contribution in [0.2, 0.25) is 0 Å². The Bertz CT molecular complexity index is 944. The Morgan fingerprint density at radius 2 is 2.00 bits per heavy atom. The predicted octanol–water partition coefficient (Wildman–Crippen LogP) is -0.0259. The van der Waals surface area contributed by atoms with Crippen molar-refractivity contribution in [3.8, 4) is 0 Å². The van der Waals surface area contributed by atoms with Gasteiger partial charge in [0.15, 0.2) is 0 Å². The highest BCUT2D eigenvalue weighted by Crippen LogP contribution is 2.22. The number of carbonyl (C=O) groups is 1. The van der Waals surface area contributed by atoms with Crippen molar-refractivity contribution >= 4 is 16.9 Å². The molecule has 0 saturated carbocycles. The number of nitrogens with zero attached hydrogens (tertiary/aromatic N) is 4. The van der Waals surface area contributed by atoms with Crippen LogP contribution >= 0.6 is 0 Å². The van der Waals surface area contributed by atoms with Crippen molar-refractivity contribution in [3.05, 3.63) is 38.7 Å². The van der Waals surface area contributed by atoms with Crippen LogP contribution in [0.4, 0.5) is 0 Å². The van der Waals surface area contributed by atoms with E-state index in [9.17, 15) is 14.4 Å². The van der Waals surface area contributed by atoms with Gasteiger partial charge >= 0.3 is 5.69 Å². The van der Waals surface area contributed by atoms with E-state index in [1.807, 2.05) is 6.92 Å².